The van der Waals surface area contributed by atoms with Gasteiger partial charge in [0.15, 0.2) is 0 Å². The van der Waals surface area contributed by atoms with Crippen LogP contribution in [0.25, 0.3) is 0 Å². The van der Waals surface area contributed by atoms with Crippen LogP contribution in [0.15, 0.2) is 0 Å². The molecule has 1 rings (SSSR count). The van der Waals surface area contributed by atoms with Crippen LogP contribution in [0.4, 0.5) is 4.79 Å². The minimum Gasteiger partial charge on any atom is -0.465 e. The van der Waals surface area contributed by atoms with Crippen LogP contribution < -0.4 is 5.32 Å². The number of urea groups is 1. The van der Waals surface area contributed by atoms with E-state index in [0.717, 1.165) is 32.4 Å². The summed E-state index contributed by atoms with van der Waals surface area (Å²) in [4.78, 5) is 25.1. The smallest absolute Gasteiger partial charge is 0.325 e. The second-order valence-corrected chi connectivity index (χ2v) is 6.44. The average Bonchev–Trinajstić information content (AvgIpc) is 2.61. The van der Waals surface area contributed by atoms with Gasteiger partial charge in [-0.05, 0) is 37.5 Å². The van der Waals surface area contributed by atoms with Crippen molar-refractivity contribution < 1.29 is 14.3 Å². The SMILES string of the molecule is CCOC(=O)CNC(=O)N1CCCC(C(C)(C)C)CC1. The fraction of sp³-hybridized carbons (Fsp3) is 0.867. The molecular formula is C15H28N2O3. The number of hydrogen-bond donors (Lipinski definition) is 1. The first-order valence-corrected chi connectivity index (χ1v) is 7.53. The monoisotopic (exact) mass is 284 g/mol. The molecule has 1 N–H and O–H groups in total. The lowest BCUT2D eigenvalue weighted by Gasteiger charge is -2.29. The molecule has 0 aromatic carbocycles. The summed E-state index contributed by atoms with van der Waals surface area (Å²) in [6.07, 6.45) is 3.20. The largest absolute Gasteiger partial charge is 0.465 e. The van der Waals surface area contributed by atoms with E-state index in [1.54, 1.807) is 6.92 Å². The van der Waals surface area contributed by atoms with Crippen molar-refractivity contribution in [1.82, 2.24) is 10.2 Å². The Morgan fingerprint density at radius 3 is 2.55 bits per heavy atom. The van der Waals surface area contributed by atoms with Crippen LogP contribution in [-0.4, -0.2) is 43.1 Å². The molecule has 1 unspecified atom stereocenters. The average molecular weight is 284 g/mol. The number of carbonyl (C=O) groups excluding carboxylic acids is 2. The number of rotatable bonds is 3. The molecule has 0 bridgehead atoms. The van der Waals surface area contributed by atoms with Gasteiger partial charge in [0.2, 0.25) is 0 Å². The summed E-state index contributed by atoms with van der Waals surface area (Å²) < 4.78 is 4.79. The van der Waals surface area contributed by atoms with E-state index in [9.17, 15) is 9.59 Å². The molecule has 20 heavy (non-hydrogen) atoms. The summed E-state index contributed by atoms with van der Waals surface area (Å²) in [7, 11) is 0. The maximum atomic E-state index is 12.0. The predicted octanol–water partition coefficient (Wildman–Crippen LogP) is 2.41. The molecule has 1 aliphatic rings. The fourth-order valence-corrected chi connectivity index (χ4v) is 2.64. The van der Waals surface area contributed by atoms with Gasteiger partial charge in [0.1, 0.15) is 6.54 Å². The molecular weight excluding hydrogens is 256 g/mol. The number of likely N-dealkylation sites (tertiary alicyclic amines) is 1. The molecule has 1 saturated heterocycles. The van der Waals surface area contributed by atoms with Crippen molar-refractivity contribution in [2.24, 2.45) is 11.3 Å². The van der Waals surface area contributed by atoms with E-state index in [0.29, 0.717) is 12.5 Å². The minimum absolute atomic E-state index is 0.0497. The number of ether oxygens (including phenoxy) is 1. The van der Waals surface area contributed by atoms with Gasteiger partial charge in [-0.2, -0.15) is 0 Å². The van der Waals surface area contributed by atoms with E-state index in [4.69, 9.17) is 4.74 Å². The Balaban J connectivity index is 2.40. The third kappa shape index (κ3) is 5.39. The zero-order chi connectivity index (χ0) is 15.2. The van der Waals surface area contributed by atoms with Gasteiger partial charge in [0, 0.05) is 13.1 Å². The van der Waals surface area contributed by atoms with Crippen molar-refractivity contribution in [2.45, 2.75) is 47.0 Å². The van der Waals surface area contributed by atoms with Crippen molar-refractivity contribution in [1.29, 1.82) is 0 Å². The van der Waals surface area contributed by atoms with Crippen LogP contribution in [0.5, 0.6) is 0 Å². The van der Waals surface area contributed by atoms with Gasteiger partial charge in [0.25, 0.3) is 0 Å². The van der Waals surface area contributed by atoms with Crippen LogP contribution in [0.2, 0.25) is 0 Å². The Morgan fingerprint density at radius 2 is 1.95 bits per heavy atom. The third-order valence-electron chi connectivity index (χ3n) is 3.93. The first-order valence-electron chi connectivity index (χ1n) is 7.53. The van der Waals surface area contributed by atoms with Gasteiger partial charge in [0.05, 0.1) is 6.61 Å². The molecule has 116 valence electrons. The summed E-state index contributed by atoms with van der Waals surface area (Å²) in [5.74, 6) is 0.258. The standard InChI is InChI=1S/C15H28N2O3/c1-5-20-13(18)11-16-14(19)17-9-6-7-12(8-10-17)15(2,3)4/h12H,5-11H2,1-4H3,(H,16,19). The Hall–Kier alpha value is -1.26. The zero-order valence-electron chi connectivity index (χ0n) is 13.2. The predicted molar refractivity (Wildman–Crippen MR) is 78.4 cm³/mol. The van der Waals surface area contributed by atoms with Crippen LogP contribution in [0, 0.1) is 11.3 Å². The van der Waals surface area contributed by atoms with Gasteiger partial charge < -0.3 is 15.0 Å². The highest BCUT2D eigenvalue weighted by atomic mass is 16.5. The lowest BCUT2D eigenvalue weighted by Crippen LogP contribution is -2.43. The molecule has 1 fully saturated rings. The van der Waals surface area contributed by atoms with E-state index in [2.05, 4.69) is 26.1 Å². The number of carbonyl (C=O) groups is 2. The second-order valence-electron chi connectivity index (χ2n) is 6.44. The van der Waals surface area contributed by atoms with Crippen LogP contribution >= 0.6 is 0 Å². The lowest BCUT2D eigenvalue weighted by molar-refractivity contribution is -0.141. The highest BCUT2D eigenvalue weighted by molar-refractivity contribution is 5.80. The maximum Gasteiger partial charge on any atom is 0.325 e. The molecule has 0 saturated carbocycles. The second kappa shape index (κ2) is 7.50. The highest BCUT2D eigenvalue weighted by Crippen LogP contribution is 2.34. The highest BCUT2D eigenvalue weighted by Gasteiger charge is 2.28. The maximum absolute atomic E-state index is 12.0. The molecule has 2 amide bonds. The van der Waals surface area contributed by atoms with Gasteiger partial charge in [-0.15, -0.1) is 0 Å². The topological polar surface area (TPSA) is 58.6 Å². The van der Waals surface area contributed by atoms with Gasteiger partial charge in [-0.1, -0.05) is 20.8 Å². The fourth-order valence-electron chi connectivity index (χ4n) is 2.64. The molecule has 0 radical (unpaired) electrons. The minimum atomic E-state index is -0.386. The summed E-state index contributed by atoms with van der Waals surface area (Å²) in [5, 5.41) is 2.63. The van der Waals surface area contributed by atoms with Crippen molar-refractivity contribution in [3.8, 4) is 0 Å². The molecule has 1 aliphatic heterocycles. The molecule has 0 spiro atoms. The molecule has 5 heteroatoms. The molecule has 1 heterocycles. The number of esters is 1. The third-order valence-corrected chi connectivity index (χ3v) is 3.93. The van der Waals surface area contributed by atoms with Crippen molar-refractivity contribution in [2.75, 3.05) is 26.2 Å². The molecule has 0 aromatic rings. The van der Waals surface area contributed by atoms with Gasteiger partial charge >= 0.3 is 12.0 Å². The van der Waals surface area contributed by atoms with Gasteiger partial charge in [-0.3, -0.25) is 4.79 Å². The van der Waals surface area contributed by atoms with Crippen LogP contribution in [0.1, 0.15) is 47.0 Å². The molecule has 0 aromatic heterocycles. The number of hydrogen-bond acceptors (Lipinski definition) is 3. The summed E-state index contributed by atoms with van der Waals surface area (Å²) in [5.41, 5.74) is 0.289. The normalized spacial score (nSPS) is 20.2. The summed E-state index contributed by atoms with van der Waals surface area (Å²) >= 11 is 0. The number of amides is 2. The van der Waals surface area contributed by atoms with Crippen LogP contribution in [0.3, 0.4) is 0 Å². The first-order chi connectivity index (χ1) is 9.34. The van der Waals surface area contributed by atoms with E-state index in [1.165, 1.54) is 0 Å². The first kappa shape index (κ1) is 16.8. The van der Waals surface area contributed by atoms with Gasteiger partial charge in [-0.25, -0.2) is 4.79 Å². The van der Waals surface area contributed by atoms with E-state index in [-0.39, 0.29) is 24.0 Å². The Kier molecular flexibility index (Phi) is 6.30. The Bertz CT molecular complexity index is 337. The van der Waals surface area contributed by atoms with Crippen molar-refractivity contribution in [3.63, 3.8) is 0 Å². The van der Waals surface area contributed by atoms with Crippen molar-refractivity contribution >= 4 is 12.0 Å². The lowest BCUT2D eigenvalue weighted by atomic mass is 9.77. The number of nitrogens with zero attached hydrogens (tertiary/aromatic N) is 1. The quantitative estimate of drug-likeness (QED) is 0.810. The Morgan fingerprint density at radius 1 is 1.25 bits per heavy atom. The van der Waals surface area contributed by atoms with Crippen molar-refractivity contribution in [3.05, 3.63) is 0 Å². The zero-order valence-corrected chi connectivity index (χ0v) is 13.2. The summed E-state index contributed by atoms with van der Waals surface area (Å²) in [6, 6.07) is -0.160. The Labute approximate surface area is 122 Å². The molecule has 1 atom stereocenters. The van der Waals surface area contributed by atoms with E-state index >= 15 is 0 Å². The summed E-state index contributed by atoms with van der Waals surface area (Å²) in [6.45, 7) is 10.3. The number of nitrogens with one attached hydrogen (secondary N) is 1. The molecule has 0 aliphatic carbocycles. The molecule has 5 nitrogen and oxygen atoms in total. The van der Waals surface area contributed by atoms with Crippen LogP contribution in [-0.2, 0) is 9.53 Å². The van der Waals surface area contributed by atoms with E-state index in [1.807, 2.05) is 4.90 Å². The van der Waals surface area contributed by atoms with E-state index < -0.39 is 0 Å².